The first-order valence-corrected chi connectivity index (χ1v) is 7.34. The molecule has 1 aromatic rings. The molecule has 1 atom stereocenters. The van der Waals surface area contributed by atoms with Crippen molar-refractivity contribution < 1.29 is 32.2 Å². The van der Waals surface area contributed by atoms with Gasteiger partial charge in [0.15, 0.2) is 5.69 Å². The van der Waals surface area contributed by atoms with E-state index in [9.17, 15) is 22.8 Å². The predicted octanol–water partition coefficient (Wildman–Crippen LogP) is 1.43. The number of amides is 1. The van der Waals surface area contributed by atoms with E-state index < -0.39 is 35.9 Å². The van der Waals surface area contributed by atoms with Crippen molar-refractivity contribution in [1.82, 2.24) is 14.9 Å². The smallest absolute Gasteiger partial charge is 0.433 e. The van der Waals surface area contributed by atoms with Gasteiger partial charge in [0.05, 0.1) is 13.2 Å². The van der Waals surface area contributed by atoms with E-state index in [0.717, 1.165) is 12.3 Å². The molecule has 0 aromatic carbocycles. The van der Waals surface area contributed by atoms with Crippen LogP contribution in [0, 0.1) is 0 Å². The second-order valence-corrected chi connectivity index (χ2v) is 5.08. The molecule has 1 saturated heterocycles. The number of carbonyl (C=O) groups excluding carboxylic acids is 2. The lowest BCUT2D eigenvalue weighted by Gasteiger charge is -2.31. The molecule has 24 heavy (non-hydrogen) atoms. The molecule has 132 valence electrons. The van der Waals surface area contributed by atoms with Gasteiger partial charge in [-0.2, -0.15) is 18.2 Å². The molecule has 0 radical (unpaired) electrons. The second-order valence-electron chi connectivity index (χ2n) is 5.08. The Morgan fingerprint density at radius 3 is 2.83 bits per heavy atom. The first-order chi connectivity index (χ1) is 11.3. The molecule has 1 amide bonds. The number of nitrogens with zero attached hydrogens (tertiary/aromatic N) is 3. The maximum Gasteiger partial charge on any atom is 0.433 e. The van der Waals surface area contributed by atoms with Gasteiger partial charge >= 0.3 is 24.1 Å². The van der Waals surface area contributed by atoms with E-state index in [1.165, 1.54) is 4.90 Å². The number of piperidine rings is 1. The Hall–Kier alpha value is -2.39. The SMILES string of the molecule is CCOC(=O)C(=O)N1CCCC(Oc2nccc(C(F)(F)F)n2)C1. The highest BCUT2D eigenvalue weighted by Crippen LogP contribution is 2.28. The Kier molecular flexibility index (Phi) is 5.58. The van der Waals surface area contributed by atoms with Crippen molar-refractivity contribution in [1.29, 1.82) is 0 Å². The predicted molar refractivity (Wildman–Crippen MR) is 73.9 cm³/mol. The van der Waals surface area contributed by atoms with Crippen LogP contribution in [0.5, 0.6) is 6.01 Å². The van der Waals surface area contributed by atoms with E-state index in [1.54, 1.807) is 6.92 Å². The monoisotopic (exact) mass is 347 g/mol. The number of esters is 1. The molecule has 2 heterocycles. The van der Waals surface area contributed by atoms with Crippen LogP contribution in [-0.2, 0) is 20.5 Å². The van der Waals surface area contributed by atoms with E-state index in [1.807, 2.05) is 0 Å². The Balaban J connectivity index is 2.01. The molecule has 10 heteroatoms. The van der Waals surface area contributed by atoms with Crippen LogP contribution >= 0.6 is 0 Å². The number of likely N-dealkylation sites (tertiary alicyclic amines) is 1. The minimum atomic E-state index is -4.60. The molecule has 1 aromatic heterocycles. The van der Waals surface area contributed by atoms with Gasteiger partial charge < -0.3 is 14.4 Å². The summed E-state index contributed by atoms with van der Waals surface area (Å²) in [6, 6.07) is 0.324. The molecular weight excluding hydrogens is 331 g/mol. The number of carbonyl (C=O) groups is 2. The molecule has 0 spiro atoms. The average molecular weight is 347 g/mol. The Morgan fingerprint density at radius 1 is 1.42 bits per heavy atom. The first-order valence-electron chi connectivity index (χ1n) is 7.34. The summed E-state index contributed by atoms with van der Waals surface area (Å²) >= 11 is 0. The van der Waals surface area contributed by atoms with Gasteiger partial charge in [0.25, 0.3) is 0 Å². The molecule has 0 saturated carbocycles. The largest absolute Gasteiger partial charge is 0.459 e. The lowest BCUT2D eigenvalue weighted by molar-refractivity contribution is -0.161. The van der Waals surface area contributed by atoms with Gasteiger partial charge in [-0.1, -0.05) is 0 Å². The van der Waals surface area contributed by atoms with Gasteiger partial charge in [-0.25, -0.2) is 9.78 Å². The van der Waals surface area contributed by atoms with Crippen LogP contribution in [0.25, 0.3) is 0 Å². The zero-order valence-electron chi connectivity index (χ0n) is 12.9. The summed E-state index contributed by atoms with van der Waals surface area (Å²) in [5, 5.41) is 0. The molecule has 1 unspecified atom stereocenters. The van der Waals surface area contributed by atoms with Crippen LogP contribution in [0.3, 0.4) is 0 Å². The van der Waals surface area contributed by atoms with Gasteiger partial charge in [-0.05, 0) is 25.8 Å². The van der Waals surface area contributed by atoms with Crippen molar-refractivity contribution in [3.63, 3.8) is 0 Å². The molecule has 1 fully saturated rings. The highest BCUT2D eigenvalue weighted by atomic mass is 19.4. The van der Waals surface area contributed by atoms with Crippen LogP contribution in [-0.4, -0.2) is 52.5 Å². The first kappa shape index (κ1) is 18.0. The summed E-state index contributed by atoms with van der Waals surface area (Å²) in [5.74, 6) is -1.76. The third-order valence-corrected chi connectivity index (χ3v) is 3.31. The number of hydrogen-bond donors (Lipinski definition) is 0. The molecule has 2 rings (SSSR count). The molecule has 1 aliphatic heterocycles. The molecule has 0 aliphatic carbocycles. The van der Waals surface area contributed by atoms with Crippen molar-refractivity contribution in [2.75, 3.05) is 19.7 Å². The maximum atomic E-state index is 12.6. The van der Waals surface area contributed by atoms with Crippen LogP contribution in [0.15, 0.2) is 12.3 Å². The Morgan fingerprint density at radius 2 is 2.17 bits per heavy atom. The van der Waals surface area contributed by atoms with E-state index >= 15 is 0 Å². The topological polar surface area (TPSA) is 81.6 Å². The summed E-state index contributed by atoms with van der Waals surface area (Å²) in [4.78, 5) is 31.6. The van der Waals surface area contributed by atoms with Crippen LogP contribution < -0.4 is 4.74 Å². The molecule has 0 N–H and O–H groups in total. The van der Waals surface area contributed by atoms with Gasteiger partial charge in [0.2, 0.25) is 0 Å². The fourth-order valence-electron chi connectivity index (χ4n) is 2.25. The summed E-state index contributed by atoms with van der Waals surface area (Å²) < 4.78 is 47.9. The fraction of sp³-hybridized carbons (Fsp3) is 0.571. The van der Waals surface area contributed by atoms with Crippen LogP contribution in [0.2, 0.25) is 0 Å². The summed E-state index contributed by atoms with van der Waals surface area (Å²) in [6.45, 7) is 2.06. The van der Waals surface area contributed by atoms with Crippen LogP contribution in [0.4, 0.5) is 13.2 Å². The van der Waals surface area contributed by atoms with Gasteiger partial charge in [0, 0.05) is 12.7 Å². The number of halogens is 3. The number of ether oxygens (including phenoxy) is 2. The number of hydrogen-bond acceptors (Lipinski definition) is 6. The normalized spacial score (nSPS) is 18.2. The third-order valence-electron chi connectivity index (χ3n) is 3.31. The highest BCUT2D eigenvalue weighted by Gasteiger charge is 2.34. The van der Waals surface area contributed by atoms with E-state index in [2.05, 4.69) is 14.7 Å². The summed E-state index contributed by atoms with van der Waals surface area (Å²) in [5.41, 5.74) is -1.11. The number of alkyl halides is 3. The summed E-state index contributed by atoms with van der Waals surface area (Å²) in [7, 11) is 0. The van der Waals surface area contributed by atoms with E-state index in [-0.39, 0.29) is 13.2 Å². The maximum absolute atomic E-state index is 12.6. The van der Waals surface area contributed by atoms with Crippen molar-refractivity contribution in [2.24, 2.45) is 0 Å². The minimum absolute atomic E-state index is 0.0528. The van der Waals surface area contributed by atoms with Gasteiger partial charge in [0.1, 0.15) is 6.10 Å². The lowest BCUT2D eigenvalue weighted by Crippen LogP contribution is -2.47. The van der Waals surface area contributed by atoms with Crippen molar-refractivity contribution in [2.45, 2.75) is 32.0 Å². The Bertz CT molecular complexity index is 609. The minimum Gasteiger partial charge on any atom is -0.459 e. The number of rotatable bonds is 3. The van der Waals surface area contributed by atoms with Crippen molar-refractivity contribution >= 4 is 11.9 Å². The highest BCUT2D eigenvalue weighted by molar-refractivity contribution is 6.32. The lowest BCUT2D eigenvalue weighted by atomic mass is 10.1. The van der Waals surface area contributed by atoms with Crippen molar-refractivity contribution in [3.8, 4) is 6.01 Å². The zero-order chi connectivity index (χ0) is 17.7. The number of aromatic nitrogens is 2. The zero-order valence-corrected chi connectivity index (χ0v) is 12.9. The van der Waals surface area contributed by atoms with Crippen LogP contribution in [0.1, 0.15) is 25.5 Å². The molecule has 0 bridgehead atoms. The third kappa shape index (κ3) is 4.56. The average Bonchev–Trinajstić information content (AvgIpc) is 2.54. The summed E-state index contributed by atoms with van der Waals surface area (Å²) in [6.07, 6.45) is -3.20. The molecule has 7 nitrogen and oxygen atoms in total. The Labute approximate surface area is 135 Å². The van der Waals surface area contributed by atoms with Crippen molar-refractivity contribution in [3.05, 3.63) is 18.0 Å². The quantitative estimate of drug-likeness (QED) is 0.608. The van der Waals surface area contributed by atoms with Gasteiger partial charge in [-0.3, -0.25) is 4.79 Å². The van der Waals surface area contributed by atoms with E-state index in [0.29, 0.717) is 19.4 Å². The second kappa shape index (κ2) is 7.45. The molecular formula is C14H16F3N3O4. The molecule has 1 aliphatic rings. The standard InChI is InChI=1S/C14H16F3N3O4/c1-2-23-12(22)11(21)20-7-3-4-9(8-20)24-13-18-6-5-10(19-13)14(15,16)17/h5-6,9H,2-4,7-8H2,1H3. The van der Waals surface area contributed by atoms with Gasteiger partial charge in [-0.15, -0.1) is 0 Å². The fourth-order valence-corrected chi connectivity index (χ4v) is 2.25. The van der Waals surface area contributed by atoms with E-state index in [4.69, 9.17) is 4.74 Å².